The minimum absolute atomic E-state index is 0.262. The largest absolute Gasteiger partial charge is 0.494 e. The third-order valence-corrected chi connectivity index (χ3v) is 7.23. The number of halogens is 2. The van der Waals surface area contributed by atoms with Crippen molar-refractivity contribution < 1.29 is 28.5 Å². The Hall–Kier alpha value is -3.23. The molecule has 41 heavy (non-hydrogen) atoms. The van der Waals surface area contributed by atoms with Gasteiger partial charge in [0.05, 0.1) is 53.6 Å². The lowest BCUT2D eigenvalue weighted by molar-refractivity contribution is -0.140. The van der Waals surface area contributed by atoms with Gasteiger partial charge in [0, 0.05) is 6.42 Å². The zero-order chi connectivity index (χ0) is 29.9. The van der Waals surface area contributed by atoms with E-state index in [-0.39, 0.29) is 17.0 Å². The highest BCUT2D eigenvalue weighted by Gasteiger charge is 2.32. The van der Waals surface area contributed by atoms with E-state index in [4.69, 9.17) is 56.9 Å². The summed E-state index contributed by atoms with van der Waals surface area (Å²) in [6.45, 7) is 8.89. The third kappa shape index (κ3) is 6.99. The van der Waals surface area contributed by atoms with E-state index in [0.717, 1.165) is 16.7 Å². The Morgan fingerprint density at radius 2 is 1.32 bits per heavy atom. The van der Waals surface area contributed by atoms with Crippen LogP contribution in [0.5, 0.6) is 11.5 Å². The summed E-state index contributed by atoms with van der Waals surface area (Å²) in [6.07, 6.45) is 3.54. The number of carbonyl (C=O) groups excluding carboxylic acids is 1. The summed E-state index contributed by atoms with van der Waals surface area (Å²) in [7, 11) is 4.51. The Labute approximate surface area is 251 Å². The Kier molecular flexibility index (Phi) is 9.24. The van der Waals surface area contributed by atoms with Crippen LogP contribution in [0.15, 0.2) is 40.3 Å². The van der Waals surface area contributed by atoms with Gasteiger partial charge in [0.1, 0.15) is 24.7 Å². The first-order valence-electron chi connectivity index (χ1n) is 13.4. The molecule has 0 amide bonds. The maximum Gasteiger partial charge on any atom is 0.305 e. The second kappa shape index (κ2) is 12.3. The number of nitrogens with zero attached hydrogens (tertiary/aromatic N) is 2. The van der Waals surface area contributed by atoms with Crippen molar-refractivity contribution in [3.63, 3.8) is 0 Å². The van der Waals surface area contributed by atoms with Crippen molar-refractivity contribution in [1.82, 2.24) is 0 Å². The highest BCUT2D eigenvalue weighted by atomic mass is 35.5. The van der Waals surface area contributed by atoms with Crippen LogP contribution in [0.3, 0.4) is 0 Å². The molecule has 0 radical (unpaired) electrons. The van der Waals surface area contributed by atoms with Crippen molar-refractivity contribution in [2.24, 2.45) is 9.98 Å². The topological polar surface area (TPSA) is 87.9 Å². The molecule has 0 aromatic heterocycles. The zero-order valence-corrected chi connectivity index (χ0v) is 26.0. The van der Waals surface area contributed by atoms with Crippen molar-refractivity contribution in [3.8, 4) is 11.5 Å². The normalized spacial score (nSPS) is 16.7. The summed E-state index contributed by atoms with van der Waals surface area (Å²) in [5, 5.41) is 0.808. The molecule has 2 aliphatic rings. The molecule has 0 fully saturated rings. The molecule has 220 valence electrons. The van der Waals surface area contributed by atoms with Crippen LogP contribution in [0.25, 0.3) is 5.57 Å². The Balaban J connectivity index is 1.88. The predicted octanol–water partition coefficient (Wildman–Crippen LogP) is 6.90. The highest BCUT2D eigenvalue weighted by molar-refractivity contribution is 6.33. The van der Waals surface area contributed by atoms with Crippen molar-refractivity contribution >= 4 is 46.5 Å². The van der Waals surface area contributed by atoms with Crippen LogP contribution in [0.4, 0.5) is 0 Å². The van der Waals surface area contributed by atoms with Gasteiger partial charge in [-0.15, -0.1) is 0 Å². The average molecular weight is 604 g/mol. The highest BCUT2D eigenvalue weighted by Crippen LogP contribution is 2.40. The van der Waals surface area contributed by atoms with Gasteiger partial charge in [-0.3, -0.25) is 4.79 Å². The number of unbranched alkanes of at least 4 members (excludes halogenated alkanes) is 1. The lowest BCUT2D eigenvalue weighted by atomic mass is 9.93. The summed E-state index contributed by atoms with van der Waals surface area (Å²) in [5.41, 5.74) is 2.97. The number of hydrogen-bond acceptors (Lipinski definition) is 8. The van der Waals surface area contributed by atoms with E-state index in [9.17, 15) is 4.79 Å². The molecule has 8 nitrogen and oxygen atoms in total. The van der Waals surface area contributed by atoms with Gasteiger partial charge in [-0.2, -0.15) is 0 Å². The van der Waals surface area contributed by atoms with Gasteiger partial charge in [-0.1, -0.05) is 29.3 Å². The molecule has 0 unspecified atom stereocenters. The molecule has 0 N–H and O–H groups in total. The quantitative estimate of drug-likeness (QED) is 0.217. The number of carbonyl (C=O) groups is 1. The summed E-state index contributed by atoms with van der Waals surface area (Å²) >= 11 is 13.5. The number of aliphatic imine (C=N–C) groups is 2. The van der Waals surface area contributed by atoms with E-state index in [1.54, 1.807) is 14.2 Å². The lowest BCUT2D eigenvalue weighted by Crippen LogP contribution is -2.17. The molecule has 0 saturated carbocycles. The molecule has 0 bridgehead atoms. The smallest absolute Gasteiger partial charge is 0.305 e. The number of methoxy groups -OCH3 is 3. The molecule has 2 heterocycles. The monoisotopic (exact) mass is 602 g/mol. The van der Waals surface area contributed by atoms with Crippen LogP contribution in [0.1, 0.15) is 69.2 Å². The van der Waals surface area contributed by atoms with Crippen LogP contribution in [0, 0.1) is 0 Å². The second-order valence-electron chi connectivity index (χ2n) is 11.2. The van der Waals surface area contributed by atoms with E-state index in [1.807, 2.05) is 52.0 Å². The standard InChI is InChI=1S/C31H36Cl2N2O6/c1-30(2)16-40-28(34-30)21-12-18(14-23(32)26(21)38-6)20(10-8-9-11-25(36)37-5)19-13-22(27(39-7)24(33)15-19)29-35-31(3,4)17-41-29/h10,12-15H,8-9,11,16-17H2,1-7H3. The molecule has 2 aromatic rings. The molecule has 2 aliphatic heterocycles. The van der Waals surface area contributed by atoms with Crippen LogP contribution in [0.2, 0.25) is 10.0 Å². The van der Waals surface area contributed by atoms with Gasteiger partial charge < -0.3 is 23.7 Å². The molecule has 2 aromatic carbocycles. The van der Waals surface area contributed by atoms with Crippen molar-refractivity contribution in [3.05, 3.63) is 62.6 Å². The van der Waals surface area contributed by atoms with Crippen LogP contribution >= 0.6 is 23.2 Å². The zero-order valence-electron chi connectivity index (χ0n) is 24.5. The number of rotatable bonds is 10. The molecule has 0 aliphatic carbocycles. The second-order valence-corrected chi connectivity index (χ2v) is 12.0. The van der Waals surface area contributed by atoms with E-state index >= 15 is 0 Å². The predicted molar refractivity (Wildman–Crippen MR) is 162 cm³/mol. The van der Waals surface area contributed by atoms with Gasteiger partial charge in [-0.25, -0.2) is 9.98 Å². The Morgan fingerprint density at radius 1 is 0.854 bits per heavy atom. The van der Waals surface area contributed by atoms with Gasteiger partial charge in [0.25, 0.3) is 0 Å². The van der Waals surface area contributed by atoms with Gasteiger partial charge in [0.2, 0.25) is 11.8 Å². The van der Waals surface area contributed by atoms with Gasteiger partial charge in [0.15, 0.2) is 0 Å². The van der Waals surface area contributed by atoms with Crippen LogP contribution in [-0.2, 0) is 19.0 Å². The fourth-order valence-corrected chi connectivity index (χ4v) is 5.27. The first-order chi connectivity index (χ1) is 19.4. The molecule has 0 atom stereocenters. The SMILES string of the molecule is COC(=O)CCCC=C(c1cc(Cl)c(OC)c(C2=NC(C)(C)CO2)c1)c1cc(Cl)c(OC)c(C2=NC(C)(C)CO2)c1. The third-order valence-electron chi connectivity index (χ3n) is 6.67. The van der Waals surface area contributed by atoms with E-state index < -0.39 is 0 Å². The summed E-state index contributed by atoms with van der Waals surface area (Å²) in [6, 6.07) is 7.56. The molecule has 4 rings (SSSR count). The lowest BCUT2D eigenvalue weighted by Gasteiger charge is -2.18. The number of ether oxygens (including phenoxy) is 5. The minimum Gasteiger partial charge on any atom is -0.494 e. The fourth-order valence-electron chi connectivity index (χ4n) is 4.67. The minimum atomic E-state index is -0.371. The van der Waals surface area contributed by atoms with Gasteiger partial charge >= 0.3 is 5.97 Å². The molecular weight excluding hydrogens is 567 g/mol. The van der Waals surface area contributed by atoms with Crippen molar-refractivity contribution in [2.45, 2.75) is 58.0 Å². The summed E-state index contributed by atoms with van der Waals surface area (Å²) < 4.78 is 28.0. The molecule has 0 saturated heterocycles. The van der Waals surface area contributed by atoms with Crippen molar-refractivity contribution in [1.29, 1.82) is 0 Å². The molecule has 10 heteroatoms. The molecular formula is C31H36Cl2N2O6. The Bertz CT molecular complexity index is 1330. The number of allylic oxidation sites excluding steroid dienone is 1. The summed E-state index contributed by atoms with van der Waals surface area (Å²) in [4.78, 5) is 21.3. The van der Waals surface area contributed by atoms with Crippen molar-refractivity contribution in [2.75, 3.05) is 34.5 Å². The number of hydrogen-bond donors (Lipinski definition) is 0. The molecule has 0 spiro atoms. The van der Waals surface area contributed by atoms with Crippen LogP contribution in [-0.4, -0.2) is 63.4 Å². The Morgan fingerprint density at radius 3 is 1.68 bits per heavy atom. The van der Waals surface area contributed by atoms with E-state index in [2.05, 4.69) is 6.08 Å². The van der Waals surface area contributed by atoms with Gasteiger partial charge in [-0.05, 0) is 81.5 Å². The average Bonchev–Trinajstić information content (AvgIpc) is 3.47. The van der Waals surface area contributed by atoms with E-state index in [0.29, 0.717) is 76.9 Å². The number of esters is 1. The van der Waals surface area contributed by atoms with Crippen LogP contribution < -0.4 is 9.47 Å². The first-order valence-corrected chi connectivity index (χ1v) is 14.1. The maximum atomic E-state index is 11.8. The van der Waals surface area contributed by atoms with E-state index in [1.165, 1.54) is 7.11 Å². The fraction of sp³-hybridized carbons (Fsp3) is 0.452. The number of benzene rings is 2. The maximum absolute atomic E-state index is 11.8. The first kappa shape index (κ1) is 30.7. The summed E-state index contributed by atoms with van der Waals surface area (Å²) in [5.74, 6) is 1.61.